The predicted molar refractivity (Wildman–Crippen MR) is 77.1 cm³/mol. The first-order valence-electron chi connectivity index (χ1n) is 6.84. The average Bonchev–Trinajstić information content (AvgIpc) is 2.31. The molecule has 0 aromatic heterocycles. The zero-order chi connectivity index (χ0) is 11.9. The van der Waals surface area contributed by atoms with E-state index in [0.29, 0.717) is 0 Å². The van der Waals surface area contributed by atoms with Crippen molar-refractivity contribution in [2.75, 3.05) is 0 Å². The second-order valence-corrected chi connectivity index (χ2v) is 9.53. The Bertz CT molecular complexity index is 262. The lowest BCUT2D eigenvalue weighted by Gasteiger charge is -2.32. The van der Waals surface area contributed by atoms with Crippen molar-refractivity contribution in [3.05, 3.63) is 30.3 Å². The Hall–Kier alpha value is -0.563. The molecule has 0 atom stereocenters. The molecule has 0 radical (unpaired) electrons. The van der Waals surface area contributed by atoms with Crippen molar-refractivity contribution in [3.63, 3.8) is 0 Å². The first kappa shape index (κ1) is 13.5. The molecule has 0 aliphatic carbocycles. The minimum atomic E-state index is -1.17. The molecule has 0 unspecified atom stereocenters. The molecular weight excluding hydrogens is 208 g/mol. The quantitative estimate of drug-likeness (QED) is 0.606. The summed E-state index contributed by atoms with van der Waals surface area (Å²) in [6, 6.07) is 15.8. The molecule has 0 N–H and O–H groups in total. The van der Waals surface area contributed by atoms with Gasteiger partial charge in [-0.2, -0.15) is 0 Å². The molecule has 1 aromatic rings. The highest BCUT2D eigenvalue weighted by atomic mass is 28.3. The third kappa shape index (κ3) is 3.21. The summed E-state index contributed by atoms with van der Waals surface area (Å²) in [6.07, 6.45) is 4.04. The minimum absolute atomic E-state index is 1.17. The van der Waals surface area contributed by atoms with Gasteiger partial charge in [0, 0.05) is 0 Å². The Kier molecular flexibility index (Phi) is 5.82. The van der Waals surface area contributed by atoms with E-state index in [0.717, 1.165) is 0 Å². The van der Waals surface area contributed by atoms with E-state index < -0.39 is 8.07 Å². The van der Waals surface area contributed by atoms with Gasteiger partial charge in [-0.25, -0.2) is 0 Å². The summed E-state index contributed by atoms with van der Waals surface area (Å²) in [7, 11) is -1.17. The molecule has 0 amide bonds. The highest BCUT2D eigenvalue weighted by Crippen LogP contribution is 2.25. The monoisotopic (exact) mass is 234 g/mol. The van der Waals surface area contributed by atoms with Crippen LogP contribution in [0.5, 0.6) is 0 Å². The Balaban J connectivity index is 2.99. The SMILES string of the molecule is CCC[Si](CCC)(CCC)c1ccccc1. The maximum Gasteiger partial charge on any atom is 0.0866 e. The van der Waals surface area contributed by atoms with Crippen LogP contribution in [-0.2, 0) is 0 Å². The standard InChI is InChI=1S/C15H26Si/c1-4-12-16(13-5-2,14-6-3)15-10-8-7-9-11-15/h7-11H,4-6,12-14H2,1-3H3. The third-order valence-electron chi connectivity index (χ3n) is 3.57. The van der Waals surface area contributed by atoms with Gasteiger partial charge >= 0.3 is 0 Å². The van der Waals surface area contributed by atoms with E-state index in [9.17, 15) is 0 Å². The van der Waals surface area contributed by atoms with Crippen LogP contribution in [0, 0.1) is 0 Å². The Morgan fingerprint density at radius 3 is 1.56 bits per heavy atom. The van der Waals surface area contributed by atoms with Gasteiger partial charge in [0.25, 0.3) is 0 Å². The van der Waals surface area contributed by atoms with Crippen molar-refractivity contribution < 1.29 is 0 Å². The van der Waals surface area contributed by atoms with E-state index in [1.165, 1.54) is 37.4 Å². The molecule has 0 aliphatic heterocycles. The largest absolute Gasteiger partial charge is 0.0866 e. The van der Waals surface area contributed by atoms with E-state index in [-0.39, 0.29) is 0 Å². The fourth-order valence-corrected chi connectivity index (χ4v) is 8.42. The van der Waals surface area contributed by atoms with Crippen LogP contribution >= 0.6 is 0 Å². The first-order valence-corrected chi connectivity index (χ1v) is 9.46. The van der Waals surface area contributed by atoms with Crippen LogP contribution in [-0.4, -0.2) is 8.07 Å². The van der Waals surface area contributed by atoms with Gasteiger partial charge in [-0.15, -0.1) is 0 Å². The second kappa shape index (κ2) is 6.90. The van der Waals surface area contributed by atoms with Crippen LogP contribution in [0.15, 0.2) is 30.3 Å². The maximum absolute atomic E-state index is 2.38. The van der Waals surface area contributed by atoms with Crippen LogP contribution in [0.2, 0.25) is 18.1 Å². The van der Waals surface area contributed by atoms with Crippen LogP contribution in [0.1, 0.15) is 40.0 Å². The minimum Gasteiger partial charge on any atom is -0.0656 e. The highest BCUT2D eigenvalue weighted by molar-refractivity contribution is 6.91. The van der Waals surface area contributed by atoms with Crippen LogP contribution < -0.4 is 5.19 Å². The average molecular weight is 234 g/mol. The molecule has 0 saturated carbocycles. The second-order valence-electron chi connectivity index (χ2n) is 4.90. The normalized spacial score (nSPS) is 11.7. The Morgan fingerprint density at radius 2 is 1.19 bits per heavy atom. The lowest BCUT2D eigenvalue weighted by Crippen LogP contribution is -2.47. The summed E-state index contributed by atoms with van der Waals surface area (Å²) >= 11 is 0. The van der Waals surface area contributed by atoms with Gasteiger partial charge in [-0.3, -0.25) is 0 Å². The molecule has 0 nitrogen and oxygen atoms in total. The molecule has 1 heteroatoms. The molecule has 0 fully saturated rings. The summed E-state index contributed by atoms with van der Waals surface area (Å²) < 4.78 is 0. The first-order chi connectivity index (χ1) is 7.79. The van der Waals surface area contributed by atoms with Crippen LogP contribution in [0.4, 0.5) is 0 Å². The predicted octanol–water partition coefficient (Wildman–Crippen LogP) is 4.57. The molecule has 1 aromatic carbocycles. The van der Waals surface area contributed by atoms with E-state index in [2.05, 4.69) is 51.1 Å². The zero-order valence-electron chi connectivity index (χ0n) is 11.1. The molecule has 0 heterocycles. The molecule has 90 valence electrons. The summed E-state index contributed by atoms with van der Waals surface area (Å²) in [6.45, 7) is 7.03. The van der Waals surface area contributed by atoms with Crippen molar-refractivity contribution in [1.29, 1.82) is 0 Å². The molecule has 0 aliphatic rings. The van der Waals surface area contributed by atoms with Crippen LogP contribution in [0.3, 0.4) is 0 Å². The fraction of sp³-hybridized carbons (Fsp3) is 0.600. The number of benzene rings is 1. The maximum atomic E-state index is 2.38. The van der Waals surface area contributed by atoms with Crippen molar-refractivity contribution in [2.45, 2.75) is 58.2 Å². The van der Waals surface area contributed by atoms with Crippen molar-refractivity contribution >= 4 is 13.3 Å². The van der Waals surface area contributed by atoms with Crippen LogP contribution in [0.25, 0.3) is 0 Å². The molecule has 0 saturated heterocycles. The fourth-order valence-electron chi connectivity index (χ4n) is 3.04. The van der Waals surface area contributed by atoms with Gasteiger partial charge in [-0.1, -0.05) is 93.7 Å². The van der Waals surface area contributed by atoms with E-state index in [1.807, 2.05) is 0 Å². The summed E-state index contributed by atoms with van der Waals surface area (Å²) in [4.78, 5) is 0. The molecule has 0 bridgehead atoms. The van der Waals surface area contributed by atoms with Gasteiger partial charge in [-0.05, 0) is 0 Å². The van der Waals surface area contributed by atoms with Crippen molar-refractivity contribution in [1.82, 2.24) is 0 Å². The van der Waals surface area contributed by atoms with E-state index in [4.69, 9.17) is 0 Å². The summed E-state index contributed by atoms with van der Waals surface area (Å²) in [5.74, 6) is 0. The van der Waals surface area contributed by atoms with Gasteiger partial charge in [0.2, 0.25) is 0 Å². The number of hydrogen-bond donors (Lipinski definition) is 0. The Labute approximate surface area is 102 Å². The van der Waals surface area contributed by atoms with Crippen molar-refractivity contribution in [2.24, 2.45) is 0 Å². The zero-order valence-corrected chi connectivity index (χ0v) is 12.1. The van der Waals surface area contributed by atoms with Gasteiger partial charge in [0.15, 0.2) is 0 Å². The molecule has 16 heavy (non-hydrogen) atoms. The molecular formula is C15H26Si. The van der Waals surface area contributed by atoms with E-state index >= 15 is 0 Å². The van der Waals surface area contributed by atoms with E-state index in [1.54, 1.807) is 5.19 Å². The summed E-state index contributed by atoms with van der Waals surface area (Å²) in [5.41, 5.74) is 0. The lowest BCUT2D eigenvalue weighted by molar-refractivity contribution is 0.937. The van der Waals surface area contributed by atoms with Gasteiger partial charge in [0.1, 0.15) is 0 Å². The highest BCUT2D eigenvalue weighted by Gasteiger charge is 2.31. The third-order valence-corrected chi connectivity index (χ3v) is 9.50. The van der Waals surface area contributed by atoms with Gasteiger partial charge in [0.05, 0.1) is 8.07 Å². The summed E-state index contributed by atoms with van der Waals surface area (Å²) in [5, 5.41) is 1.69. The van der Waals surface area contributed by atoms with Crippen molar-refractivity contribution in [3.8, 4) is 0 Å². The number of rotatable bonds is 7. The number of hydrogen-bond acceptors (Lipinski definition) is 0. The van der Waals surface area contributed by atoms with Gasteiger partial charge < -0.3 is 0 Å². The lowest BCUT2D eigenvalue weighted by atomic mass is 10.4. The molecule has 1 rings (SSSR count). The molecule has 0 spiro atoms. The smallest absolute Gasteiger partial charge is 0.0656 e. The Morgan fingerprint density at radius 1 is 0.750 bits per heavy atom. The topological polar surface area (TPSA) is 0 Å².